The lowest BCUT2D eigenvalue weighted by Gasteiger charge is -2.20. The highest BCUT2D eigenvalue weighted by molar-refractivity contribution is 7.17. The van der Waals surface area contributed by atoms with Gasteiger partial charge in [-0.2, -0.15) is 5.10 Å². The lowest BCUT2D eigenvalue weighted by atomic mass is 10.2. The van der Waals surface area contributed by atoms with Crippen LogP contribution in [0.4, 0.5) is 5.13 Å². The van der Waals surface area contributed by atoms with Gasteiger partial charge in [0.05, 0.1) is 18.1 Å². The second-order valence-corrected chi connectivity index (χ2v) is 7.88. The van der Waals surface area contributed by atoms with E-state index in [-0.39, 0.29) is 5.91 Å². The van der Waals surface area contributed by atoms with Gasteiger partial charge >= 0.3 is 0 Å². The summed E-state index contributed by atoms with van der Waals surface area (Å²) in [5.41, 5.74) is 2.02. The van der Waals surface area contributed by atoms with Gasteiger partial charge in [0.2, 0.25) is 0 Å². The minimum Gasteiger partial charge on any atom is -0.301 e. The molecule has 0 spiro atoms. The highest BCUT2D eigenvalue weighted by Gasteiger charge is 2.20. The molecule has 3 aromatic heterocycles. The molecule has 1 aliphatic rings. The predicted molar refractivity (Wildman–Crippen MR) is 94.4 cm³/mol. The van der Waals surface area contributed by atoms with E-state index in [9.17, 15) is 4.79 Å². The van der Waals surface area contributed by atoms with Crippen molar-refractivity contribution < 1.29 is 4.79 Å². The second-order valence-electron chi connectivity index (χ2n) is 5.76. The maximum atomic E-state index is 12.4. The lowest BCUT2D eigenvalue weighted by molar-refractivity contribution is 0.103. The number of thiazole rings is 2. The van der Waals surface area contributed by atoms with Gasteiger partial charge in [-0.1, -0.05) is 0 Å². The van der Waals surface area contributed by atoms with Crippen molar-refractivity contribution in [3.63, 3.8) is 0 Å². The highest BCUT2D eigenvalue weighted by atomic mass is 32.1. The van der Waals surface area contributed by atoms with Crippen LogP contribution in [-0.4, -0.2) is 44.1 Å². The molecule has 1 N–H and O–H groups in total. The summed E-state index contributed by atoms with van der Waals surface area (Å²) in [6.45, 7) is 1.90. The zero-order valence-electron chi connectivity index (χ0n) is 13.3. The number of likely N-dealkylation sites (N-methyl/N-ethyl adjacent to an activating group) is 1. The molecule has 0 fully saturated rings. The molecule has 9 heteroatoms. The summed E-state index contributed by atoms with van der Waals surface area (Å²) in [6.07, 6.45) is 6.16. The highest BCUT2D eigenvalue weighted by Crippen LogP contribution is 2.29. The van der Waals surface area contributed by atoms with Gasteiger partial charge in [0, 0.05) is 43.2 Å². The van der Waals surface area contributed by atoms with Gasteiger partial charge in [0.25, 0.3) is 5.91 Å². The van der Waals surface area contributed by atoms with Crippen LogP contribution < -0.4 is 5.32 Å². The Morgan fingerprint density at radius 2 is 2.17 bits per heavy atom. The number of hydrogen-bond donors (Lipinski definition) is 1. The van der Waals surface area contributed by atoms with Gasteiger partial charge in [-0.15, -0.1) is 22.7 Å². The normalized spacial score (nSPS) is 14.6. The third kappa shape index (κ3) is 2.97. The Bertz CT molecular complexity index is 896. The summed E-state index contributed by atoms with van der Waals surface area (Å²) in [7, 11) is 3.95. The van der Waals surface area contributed by atoms with Gasteiger partial charge in [0.1, 0.15) is 9.88 Å². The van der Waals surface area contributed by atoms with E-state index in [0.717, 1.165) is 35.8 Å². The molecular formula is C15H16N6OS2. The van der Waals surface area contributed by atoms with Crippen LogP contribution in [0.3, 0.4) is 0 Å². The average Bonchev–Trinajstić information content (AvgIpc) is 3.24. The van der Waals surface area contributed by atoms with Crippen LogP contribution in [0.5, 0.6) is 0 Å². The zero-order valence-corrected chi connectivity index (χ0v) is 14.9. The smallest absolute Gasteiger partial charge is 0.269 e. The minimum atomic E-state index is -0.165. The number of amides is 1. The molecule has 0 bridgehead atoms. The summed E-state index contributed by atoms with van der Waals surface area (Å²) < 4.78 is 1.72. The molecule has 0 aromatic carbocycles. The number of aryl methyl sites for hydroxylation is 1. The Morgan fingerprint density at radius 3 is 2.96 bits per heavy atom. The SMILES string of the molecule is CN1CCc2nc(NC(=O)c3cnc(-c4cnn(C)c4)s3)sc2C1. The summed E-state index contributed by atoms with van der Waals surface area (Å²) in [4.78, 5) is 25.4. The van der Waals surface area contributed by atoms with Crippen LogP contribution in [0, 0.1) is 0 Å². The van der Waals surface area contributed by atoms with Gasteiger partial charge in [-0.3, -0.25) is 14.8 Å². The van der Waals surface area contributed by atoms with Crippen molar-refractivity contribution >= 4 is 33.7 Å². The van der Waals surface area contributed by atoms with E-state index in [1.54, 1.807) is 28.4 Å². The third-order valence-corrected chi connectivity index (χ3v) is 5.87. The molecule has 0 atom stereocenters. The molecule has 0 saturated heterocycles. The van der Waals surface area contributed by atoms with E-state index in [0.29, 0.717) is 10.0 Å². The number of aromatic nitrogens is 4. The number of rotatable bonds is 3. The lowest BCUT2D eigenvalue weighted by Crippen LogP contribution is -2.25. The van der Waals surface area contributed by atoms with Crippen LogP contribution in [0.2, 0.25) is 0 Å². The molecule has 3 aromatic rings. The Hall–Kier alpha value is -2.10. The van der Waals surface area contributed by atoms with Gasteiger partial charge in [0.15, 0.2) is 5.13 Å². The number of carbonyl (C=O) groups is 1. The molecule has 124 valence electrons. The molecule has 1 amide bonds. The van der Waals surface area contributed by atoms with Crippen molar-refractivity contribution in [3.8, 4) is 10.6 Å². The number of fused-ring (bicyclic) bond motifs is 1. The standard InChI is InChI=1S/C15H16N6OS2/c1-20-4-3-10-12(8-20)24-15(18-10)19-13(22)11-6-16-14(23-11)9-5-17-21(2)7-9/h5-7H,3-4,8H2,1-2H3,(H,18,19,22). The molecule has 24 heavy (non-hydrogen) atoms. The minimum absolute atomic E-state index is 0.165. The van der Waals surface area contributed by atoms with Gasteiger partial charge < -0.3 is 4.90 Å². The van der Waals surface area contributed by atoms with E-state index < -0.39 is 0 Å². The molecule has 0 aliphatic carbocycles. The molecule has 0 radical (unpaired) electrons. The maximum absolute atomic E-state index is 12.4. The average molecular weight is 360 g/mol. The Balaban J connectivity index is 1.50. The zero-order chi connectivity index (χ0) is 16.7. The van der Waals surface area contributed by atoms with E-state index >= 15 is 0 Å². The van der Waals surface area contributed by atoms with Crippen LogP contribution in [0.15, 0.2) is 18.6 Å². The summed E-state index contributed by atoms with van der Waals surface area (Å²) >= 11 is 2.91. The van der Waals surface area contributed by atoms with Crippen molar-refractivity contribution in [2.45, 2.75) is 13.0 Å². The molecule has 0 saturated carbocycles. The van der Waals surface area contributed by atoms with Crippen molar-refractivity contribution in [1.29, 1.82) is 0 Å². The van der Waals surface area contributed by atoms with Crippen molar-refractivity contribution in [3.05, 3.63) is 34.0 Å². The monoisotopic (exact) mass is 360 g/mol. The number of nitrogens with one attached hydrogen (secondary N) is 1. The van der Waals surface area contributed by atoms with Crippen molar-refractivity contribution in [1.82, 2.24) is 24.6 Å². The fourth-order valence-electron chi connectivity index (χ4n) is 2.58. The first-order chi connectivity index (χ1) is 11.6. The molecular weight excluding hydrogens is 344 g/mol. The second kappa shape index (κ2) is 6.08. The van der Waals surface area contributed by atoms with Gasteiger partial charge in [-0.25, -0.2) is 9.97 Å². The van der Waals surface area contributed by atoms with E-state index in [4.69, 9.17) is 0 Å². The van der Waals surface area contributed by atoms with E-state index in [1.165, 1.54) is 16.2 Å². The molecule has 4 heterocycles. The summed E-state index contributed by atoms with van der Waals surface area (Å²) in [6, 6.07) is 0. The molecule has 7 nitrogen and oxygen atoms in total. The van der Waals surface area contributed by atoms with Gasteiger partial charge in [-0.05, 0) is 7.05 Å². The summed E-state index contributed by atoms with van der Waals surface area (Å²) in [5, 5.41) is 8.48. The molecule has 0 unspecified atom stereocenters. The Morgan fingerprint density at radius 1 is 1.29 bits per heavy atom. The Kier molecular flexibility index (Phi) is 3.91. The van der Waals surface area contributed by atoms with E-state index in [1.807, 2.05) is 13.2 Å². The number of carbonyl (C=O) groups excluding carboxylic acids is 1. The summed E-state index contributed by atoms with van der Waals surface area (Å²) in [5.74, 6) is -0.165. The Labute approximate surface area is 147 Å². The van der Waals surface area contributed by atoms with Crippen LogP contribution in [-0.2, 0) is 20.0 Å². The first-order valence-electron chi connectivity index (χ1n) is 7.52. The fraction of sp³-hybridized carbons (Fsp3) is 0.333. The third-order valence-electron chi connectivity index (χ3n) is 3.82. The maximum Gasteiger partial charge on any atom is 0.269 e. The largest absolute Gasteiger partial charge is 0.301 e. The van der Waals surface area contributed by atoms with Crippen LogP contribution >= 0.6 is 22.7 Å². The van der Waals surface area contributed by atoms with Crippen LogP contribution in [0.1, 0.15) is 20.2 Å². The number of hydrogen-bond acceptors (Lipinski definition) is 7. The molecule has 1 aliphatic heterocycles. The van der Waals surface area contributed by atoms with Crippen molar-refractivity contribution in [2.75, 3.05) is 18.9 Å². The number of anilines is 1. The molecule has 4 rings (SSSR count). The topological polar surface area (TPSA) is 75.9 Å². The predicted octanol–water partition coefficient (Wildman–Crippen LogP) is 2.24. The quantitative estimate of drug-likeness (QED) is 0.775. The first kappa shape index (κ1) is 15.4. The van der Waals surface area contributed by atoms with E-state index in [2.05, 4.69) is 32.3 Å². The fourth-order valence-corrected chi connectivity index (χ4v) is 4.45. The van der Waals surface area contributed by atoms with Crippen molar-refractivity contribution in [2.24, 2.45) is 7.05 Å². The van der Waals surface area contributed by atoms with Crippen LogP contribution in [0.25, 0.3) is 10.6 Å². The number of nitrogens with zero attached hydrogens (tertiary/aromatic N) is 5. The first-order valence-corrected chi connectivity index (χ1v) is 9.15.